The molecule has 0 atom stereocenters. The van der Waals surface area contributed by atoms with Crippen molar-refractivity contribution in [1.82, 2.24) is 0 Å². The van der Waals surface area contributed by atoms with E-state index in [4.69, 9.17) is 5.26 Å². The predicted octanol–water partition coefficient (Wildman–Crippen LogP) is 2.07. The van der Waals surface area contributed by atoms with Gasteiger partial charge >= 0.3 is 0 Å². The second-order valence-corrected chi connectivity index (χ2v) is 2.96. The number of rotatable bonds is 3. The molecule has 0 bridgehead atoms. The number of anilines is 1. The molecule has 0 aromatic heterocycles. The Morgan fingerprint density at radius 1 is 1.60 bits per heavy atom. The van der Waals surface area contributed by atoms with Crippen molar-refractivity contribution in [2.45, 2.75) is 13.3 Å². The van der Waals surface area contributed by atoms with Crippen LogP contribution in [0.5, 0.6) is 0 Å². The minimum atomic E-state index is -0.531. The molecule has 15 heavy (non-hydrogen) atoms. The minimum Gasteiger partial charge on any atom is -0.388 e. The summed E-state index contributed by atoms with van der Waals surface area (Å²) in [7, 11) is 1.72. The van der Waals surface area contributed by atoms with E-state index < -0.39 is 4.92 Å². The van der Waals surface area contributed by atoms with Gasteiger partial charge in [0.15, 0.2) is 0 Å². The molecule has 1 aromatic rings. The molecule has 1 rings (SSSR count). The standard InChI is InChI=1S/C10H11N3O2/c1-3-7-8(6-11)10(13(14)15)5-4-9(7)12-2/h4-5,12H,3H2,1-2H3. The summed E-state index contributed by atoms with van der Waals surface area (Å²) in [6.45, 7) is 1.86. The van der Waals surface area contributed by atoms with Crippen LogP contribution in [-0.4, -0.2) is 12.0 Å². The first-order valence-corrected chi connectivity index (χ1v) is 4.53. The fraction of sp³-hybridized carbons (Fsp3) is 0.300. The lowest BCUT2D eigenvalue weighted by atomic mass is 10.0. The van der Waals surface area contributed by atoms with E-state index in [-0.39, 0.29) is 11.3 Å². The van der Waals surface area contributed by atoms with E-state index in [9.17, 15) is 10.1 Å². The van der Waals surface area contributed by atoms with Crippen molar-refractivity contribution in [3.63, 3.8) is 0 Å². The van der Waals surface area contributed by atoms with Gasteiger partial charge in [0.25, 0.3) is 5.69 Å². The van der Waals surface area contributed by atoms with E-state index in [1.54, 1.807) is 13.1 Å². The first-order chi connectivity index (χ1) is 7.15. The molecule has 0 aliphatic rings. The molecule has 5 heteroatoms. The Kier molecular flexibility index (Phi) is 3.24. The molecule has 0 spiro atoms. The maximum atomic E-state index is 10.7. The number of nitro benzene ring substituents is 1. The van der Waals surface area contributed by atoms with E-state index in [0.717, 1.165) is 5.69 Å². The summed E-state index contributed by atoms with van der Waals surface area (Å²) in [6.07, 6.45) is 0.584. The van der Waals surface area contributed by atoms with Crippen LogP contribution in [0.3, 0.4) is 0 Å². The Labute approximate surface area is 87.5 Å². The number of nitriles is 1. The predicted molar refractivity (Wildman–Crippen MR) is 56.7 cm³/mol. The van der Waals surface area contributed by atoms with Crippen molar-refractivity contribution in [1.29, 1.82) is 5.26 Å². The number of nitro groups is 1. The van der Waals surface area contributed by atoms with Gasteiger partial charge in [-0.15, -0.1) is 0 Å². The quantitative estimate of drug-likeness (QED) is 0.605. The van der Waals surface area contributed by atoms with Gasteiger partial charge in [-0.1, -0.05) is 6.92 Å². The fourth-order valence-electron chi connectivity index (χ4n) is 1.51. The van der Waals surface area contributed by atoms with Crippen molar-refractivity contribution in [2.24, 2.45) is 0 Å². The summed E-state index contributed by atoms with van der Waals surface area (Å²) >= 11 is 0. The summed E-state index contributed by atoms with van der Waals surface area (Å²) in [5.74, 6) is 0. The average Bonchev–Trinajstić information content (AvgIpc) is 2.26. The van der Waals surface area contributed by atoms with Crippen molar-refractivity contribution >= 4 is 11.4 Å². The van der Waals surface area contributed by atoms with Crippen molar-refractivity contribution in [3.8, 4) is 6.07 Å². The highest BCUT2D eigenvalue weighted by Gasteiger charge is 2.18. The molecular weight excluding hydrogens is 194 g/mol. The van der Waals surface area contributed by atoms with E-state index in [1.807, 2.05) is 13.0 Å². The third kappa shape index (κ3) is 1.89. The van der Waals surface area contributed by atoms with Crippen LogP contribution in [0.15, 0.2) is 12.1 Å². The zero-order valence-corrected chi connectivity index (χ0v) is 8.57. The lowest BCUT2D eigenvalue weighted by molar-refractivity contribution is -0.385. The van der Waals surface area contributed by atoms with Gasteiger partial charge in [-0.05, 0) is 18.1 Å². The molecule has 0 amide bonds. The second-order valence-electron chi connectivity index (χ2n) is 2.96. The highest BCUT2D eigenvalue weighted by atomic mass is 16.6. The molecule has 0 heterocycles. The van der Waals surface area contributed by atoms with E-state index in [2.05, 4.69) is 5.32 Å². The van der Waals surface area contributed by atoms with Crippen LogP contribution in [0.25, 0.3) is 0 Å². The third-order valence-electron chi connectivity index (χ3n) is 2.22. The Morgan fingerprint density at radius 2 is 2.27 bits per heavy atom. The highest BCUT2D eigenvalue weighted by Crippen LogP contribution is 2.28. The van der Waals surface area contributed by atoms with Gasteiger partial charge < -0.3 is 5.32 Å². The summed E-state index contributed by atoms with van der Waals surface area (Å²) in [6, 6.07) is 4.86. The number of benzene rings is 1. The maximum absolute atomic E-state index is 10.7. The molecule has 0 saturated carbocycles. The zero-order chi connectivity index (χ0) is 11.4. The number of hydrogen-bond donors (Lipinski definition) is 1. The SMILES string of the molecule is CCc1c(NC)ccc([N+](=O)[O-])c1C#N. The zero-order valence-electron chi connectivity index (χ0n) is 8.57. The molecule has 0 radical (unpaired) electrons. The molecule has 5 nitrogen and oxygen atoms in total. The topological polar surface area (TPSA) is 79.0 Å². The van der Waals surface area contributed by atoms with Crippen molar-refractivity contribution in [2.75, 3.05) is 12.4 Å². The normalized spacial score (nSPS) is 9.40. The summed E-state index contributed by atoms with van der Waals surface area (Å²) < 4.78 is 0. The van der Waals surface area contributed by atoms with Gasteiger partial charge in [-0.25, -0.2) is 0 Å². The molecule has 0 aliphatic carbocycles. The number of nitrogens with zero attached hydrogens (tertiary/aromatic N) is 2. The molecular formula is C10H11N3O2. The average molecular weight is 205 g/mol. The molecule has 1 aromatic carbocycles. The Bertz CT molecular complexity index is 435. The van der Waals surface area contributed by atoms with Crippen LogP contribution in [0.2, 0.25) is 0 Å². The van der Waals surface area contributed by atoms with Crippen LogP contribution in [-0.2, 0) is 6.42 Å². The third-order valence-corrected chi connectivity index (χ3v) is 2.22. The Hall–Kier alpha value is -2.09. The molecule has 0 fully saturated rings. The van der Waals surface area contributed by atoms with E-state index >= 15 is 0 Å². The van der Waals surface area contributed by atoms with Gasteiger partial charge in [0.2, 0.25) is 0 Å². The van der Waals surface area contributed by atoms with E-state index in [0.29, 0.717) is 12.0 Å². The first kappa shape index (κ1) is 11.0. The number of hydrogen-bond acceptors (Lipinski definition) is 4. The van der Waals surface area contributed by atoms with Gasteiger partial charge in [0, 0.05) is 18.8 Å². The molecule has 0 unspecified atom stereocenters. The smallest absolute Gasteiger partial charge is 0.287 e. The fourth-order valence-corrected chi connectivity index (χ4v) is 1.51. The van der Waals surface area contributed by atoms with Crippen LogP contribution in [0, 0.1) is 21.4 Å². The largest absolute Gasteiger partial charge is 0.388 e. The molecule has 0 saturated heterocycles. The number of nitrogens with one attached hydrogen (secondary N) is 1. The lowest BCUT2D eigenvalue weighted by Gasteiger charge is -2.08. The Balaban J connectivity index is 3.50. The maximum Gasteiger partial charge on any atom is 0.287 e. The van der Waals surface area contributed by atoms with Crippen molar-refractivity contribution in [3.05, 3.63) is 33.4 Å². The Morgan fingerprint density at radius 3 is 2.67 bits per heavy atom. The van der Waals surface area contributed by atoms with Crippen LogP contribution in [0.4, 0.5) is 11.4 Å². The highest BCUT2D eigenvalue weighted by molar-refractivity contribution is 5.65. The van der Waals surface area contributed by atoms with Gasteiger partial charge in [0.1, 0.15) is 11.6 Å². The minimum absolute atomic E-state index is 0.131. The lowest BCUT2D eigenvalue weighted by Crippen LogP contribution is -2.01. The molecule has 78 valence electrons. The van der Waals surface area contributed by atoms with Crippen LogP contribution < -0.4 is 5.32 Å². The van der Waals surface area contributed by atoms with E-state index in [1.165, 1.54) is 6.07 Å². The monoisotopic (exact) mass is 205 g/mol. The van der Waals surface area contributed by atoms with Crippen LogP contribution >= 0.6 is 0 Å². The molecule has 0 aliphatic heterocycles. The summed E-state index contributed by atoms with van der Waals surface area (Å²) in [5.41, 5.74) is 1.47. The second kappa shape index (κ2) is 4.42. The van der Waals surface area contributed by atoms with Gasteiger partial charge in [-0.2, -0.15) is 5.26 Å². The van der Waals surface area contributed by atoms with Crippen LogP contribution in [0.1, 0.15) is 18.1 Å². The summed E-state index contributed by atoms with van der Waals surface area (Å²) in [5, 5.41) is 22.5. The molecule has 1 N–H and O–H groups in total. The summed E-state index contributed by atoms with van der Waals surface area (Å²) in [4.78, 5) is 10.2. The first-order valence-electron chi connectivity index (χ1n) is 4.53. The van der Waals surface area contributed by atoms with Gasteiger partial charge in [0.05, 0.1) is 4.92 Å². The van der Waals surface area contributed by atoms with Gasteiger partial charge in [-0.3, -0.25) is 10.1 Å². The van der Waals surface area contributed by atoms with Crippen molar-refractivity contribution < 1.29 is 4.92 Å².